The van der Waals surface area contributed by atoms with Crippen LogP contribution in [0, 0.1) is 0 Å². The number of hydrogen-bond donors (Lipinski definition) is 0. The van der Waals surface area contributed by atoms with E-state index in [1.165, 1.54) is 5.56 Å². The molecule has 0 spiro atoms. The van der Waals surface area contributed by atoms with Crippen LogP contribution in [0.5, 0.6) is 0 Å². The van der Waals surface area contributed by atoms with Crippen molar-refractivity contribution in [2.24, 2.45) is 0 Å². The summed E-state index contributed by atoms with van der Waals surface area (Å²) < 4.78 is 37.5. The van der Waals surface area contributed by atoms with Gasteiger partial charge in [0.1, 0.15) is 0 Å². The molecule has 1 aromatic carbocycles. The zero-order chi connectivity index (χ0) is 17.9. The van der Waals surface area contributed by atoms with Gasteiger partial charge in [0, 0.05) is 38.8 Å². The topological polar surface area (TPSA) is 26.8 Å². The second-order valence-electron chi connectivity index (χ2n) is 6.82. The van der Waals surface area contributed by atoms with Gasteiger partial charge in [0.05, 0.1) is 0 Å². The van der Waals surface area contributed by atoms with E-state index >= 15 is 0 Å². The van der Waals surface area contributed by atoms with E-state index in [4.69, 9.17) is 0 Å². The zero-order valence-electron chi connectivity index (χ0n) is 14.2. The van der Waals surface area contributed by atoms with Gasteiger partial charge < -0.3 is 4.90 Å². The number of hydrogen-bond acceptors (Lipinski definition) is 3. The number of benzene rings is 1. The number of piperazine rings is 1. The summed E-state index contributed by atoms with van der Waals surface area (Å²) in [5, 5.41) is 0. The molecule has 2 fully saturated rings. The quantitative estimate of drug-likeness (QED) is 0.833. The van der Waals surface area contributed by atoms with E-state index in [9.17, 15) is 18.0 Å². The molecule has 1 aromatic rings. The number of carbonyl (C=O) groups excluding carboxylic acids is 1. The minimum atomic E-state index is -4.76. The van der Waals surface area contributed by atoms with E-state index in [1.54, 1.807) is 0 Å². The number of likely N-dealkylation sites (tertiary alicyclic amines) is 1. The second-order valence-corrected chi connectivity index (χ2v) is 6.82. The van der Waals surface area contributed by atoms with Crippen LogP contribution in [0.3, 0.4) is 0 Å². The lowest BCUT2D eigenvalue weighted by atomic mass is 10.0. The third kappa shape index (κ3) is 4.73. The van der Waals surface area contributed by atoms with Gasteiger partial charge in [-0.25, -0.2) is 0 Å². The van der Waals surface area contributed by atoms with Crippen molar-refractivity contribution >= 4 is 5.91 Å². The average Bonchev–Trinajstić information content (AvgIpc) is 2.62. The van der Waals surface area contributed by atoms with E-state index in [-0.39, 0.29) is 13.1 Å². The van der Waals surface area contributed by atoms with Crippen LogP contribution in [0.1, 0.15) is 18.4 Å². The highest BCUT2D eigenvalue weighted by Gasteiger charge is 2.43. The molecule has 2 aliphatic rings. The first-order valence-corrected chi connectivity index (χ1v) is 8.80. The third-order valence-electron chi connectivity index (χ3n) is 5.17. The van der Waals surface area contributed by atoms with E-state index in [2.05, 4.69) is 21.9 Å². The number of alkyl halides is 3. The van der Waals surface area contributed by atoms with E-state index < -0.39 is 12.1 Å². The monoisotopic (exact) mass is 355 g/mol. The van der Waals surface area contributed by atoms with Gasteiger partial charge in [-0.1, -0.05) is 30.3 Å². The highest BCUT2D eigenvalue weighted by Crippen LogP contribution is 2.23. The van der Waals surface area contributed by atoms with E-state index in [1.807, 2.05) is 18.2 Å². The van der Waals surface area contributed by atoms with Crippen molar-refractivity contribution in [1.82, 2.24) is 14.7 Å². The Balaban J connectivity index is 1.43. The van der Waals surface area contributed by atoms with Crippen molar-refractivity contribution < 1.29 is 18.0 Å². The SMILES string of the molecule is O=C(N1CCN(C2CCN(Cc3ccccc3)CC2)CC1)C(F)(F)F. The Bertz CT molecular complexity index is 563. The summed E-state index contributed by atoms with van der Waals surface area (Å²) in [6, 6.07) is 10.8. The molecule has 2 aliphatic heterocycles. The zero-order valence-corrected chi connectivity index (χ0v) is 14.2. The maximum absolute atomic E-state index is 12.5. The Morgan fingerprint density at radius 3 is 2.12 bits per heavy atom. The highest BCUT2D eigenvalue weighted by atomic mass is 19.4. The Labute approximate surface area is 146 Å². The molecule has 0 N–H and O–H groups in total. The summed E-state index contributed by atoms with van der Waals surface area (Å²) in [6.45, 7) is 4.35. The number of carbonyl (C=O) groups is 1. The first kappa shape index (κ1) is 18.2. The number of halogens is 3. The molecule has 2 heterocycles. The van der Waals surface area contributed by atoms with Gasteiger partial charge in [-0.3, -0.25) is 14.6 Å². The predicted molar refractivity (Wildman–Crippen MR) is 88.9 cm³/mol. The molecular formula is C18H24F3N3O. The normalized spacial score (nSPS) is 21.5. The summed E-state index contributed by atoms with van der Waals surface area (Å²) in [5.74, 6) is -1.70. The molecule has 0 aliphatic carbocycles. The fourth-order valence-electron chi connectivity index (χ4n) is 3.75. The standard InChI is InChI=1S/C18H24F3N3O/c19-18(20,21)17(25)24-12-10-23(11-13-24)16-6-8-22(9-7-16)14-15-4-2-1-3-5-15/h1-5,16H,6-14H2. The van der Waals surface area contributed by atoms with Crippen LogP contribution in [0.4, 0.5) is 13.2 Å². The fraction of sp³-hybridized carbons (Fsp3) is 0.611. The molecule has 2 saturated heterocycles. The largest absolute Gasteiger partial charge is 0.471 e. The summed E-state index contributed by atoms with van der Waals surface area (Å²) in [6.07, 6.45) is -2.70. The van der Waals surface area contributed by atoms with Crippen LogP contribution in [-0.2, 0) is 11.3 Å². The predicted octanol–water partition coefficient (Wildman–Crippen LogP) is 2.36. The van der Waals surface area contributed by atoms with Gasteiger partial charge in [-0.2, -0.15) is 13.2 Å². The lowest BCUT2D eigenvalue weighted by molar-refractivity contribution is -0.187. The van der Waals surface area contributed by atoms with Gasteiger partial charge in [0.2, 0.25) is 0 Å². The van der Waals surface area contributed by atoms with Gasteiger partial charge in [-0.15, -0.1) is 0 Å². The summed E-state index contributed by atoms with van der Waals surface area (Å²) in [4.78, 5) is 16.9. The Kier molecular flexibility index (Phi) is 5.64. The number of amides is 1. The smallest absolute Gasteiger partial charge is 0.332 e. The lowest BCUT2D eigenvalue weighted by Gasteiger charge is -2.42. The van der Waals surface area contributed by atoms with Gasteiger partial charge in [0.15, 0.2) is 0 Å². The average molecular weight is 355 g/mol. The summed E-state index contributed by atoms with van der Waals surface area (Å²) in [7, 11) is 0. The number of nitrogens with zero attached hydrogens (tertiary/aromatic N) is 3. The van der Waals surface area contributed by atoms with Crippen molar-refractivity contribution in [3.8, 4) is 0 Å². The maximum atomic E-state index is 12.5. The molecule has 4 nitrogen and oxygen atoms in total. The number of rotatable bonds is 3. The molecule has 138 valence electrons. The van der Waals surface area contributed by atoms with E-state index in [0.29, 0.717) is 19.1 Å². The lowest BCUT2D eigenvalue weighted by Crippen LogP contribution is -2.56. The molecule has 1 amide bonds. The minimum Gasteiger partial charge on any atom is -0.332 e. The first-order valence-electron chi connectivity index (χ1n) is 8.80. The molecule has 0 radical (unpaired) electrons. The van der Waals surface area contributed by atoms with Crippen LogP contribution in [-0.4, -0.2) is 72.1 Å². The van der Waals surface area contributed by atoms with Crippen LogP contribution in [0.25, 0.3) is 0 Å². The molecular weight excluding hydrogens is 331 g/mol. The highest BCUT2D eigenvalue weighted by molar-refractivity contribution is 5.81. The third-order valence-corrected chi connectivity index (χ3v) is 5.17. The van der Waals surface area contributed by atoms with Crippen LogP contribution >= 0.6 is 0 Å². The molecule has 3 rings (SSSR count). The maximum Gasteiger partial charge on any atom is 0.471 e. The fourth-order valence-corrected chi connectivity index (χ4v) is 3.75. The molecule has 25 heavy (non-hydrogen) atoms. The second kappa shape index (κ2) is 7.74. The van der Waals surface area contributed by atoms with Crippen molar-refractivity contribution in [3.63, 3.8) is 0 Å². The van der Waals surface area contributed by atoms with Crippen LogP contribution < -0.4 is 0 Å². The van der Waals surface area contributed by atoms with Crippen LogP contribution in [0.15, 0.2) is 30.3 Å². The van der Waals surface area contributed by atoms with E-state index in [0.717, 1.165) is 37.4 Å². The van der Waals surface area contributed by atoms with Gasteiger partial charge in [0.25, 0.3) is 0 Å². The Hall–Kier alpha value is -1.60. The molecule has 0 aromatic heterocycles. The van der Waals surface area contributed by atoms with Crippen molar-refractivity contribution in [3.05, 3.63) is 35.9 Å². The Morgan fingerprint density at radius 2 is 1.56 bits per heavy atom. The van der Waals surface area contributed by atoms with Gasteiger partial charge in [-0.05, 0) is 31.5 Å². The Morgan fingerprint density at radius 1 is 0.960 bits per heavy atom. The number of piperidine rings is 1. The molecule has 0 saturated carbocycles. The van der Waals surface area contributed by atoms with Crippen molar-refractivity contribution in [2.75, 3.05) is 39.3 Å². The van der Waals surface area contributed by atoms with Gasteiger partial charge >= 0.3 is 12.1 Å². The van der Waals surface area contributed by atoms with Crippen molar-refractivity contribution in [1.29, 1.82) is 0 Å². The summed E-state index contributed by atoms with van der Waals surface area (Å²) in [5.41, 5.74) is 1.31. The van der Waals surface area contributed by atoms with Crippen molar-refractivity contribution in [2.45, 2.75) is 31.6 Å². The minimum absolute atomic E-state index is 0.169. The van der Waals surface area contributed by atoms with Crippen LogP contribution in [0.2, 0.25) is 0 Å². The molecule has 7 heteroatoms. The molecule has 0 atom stereocenters. The molecule has 0 bridgehead atoms. The molecule has 0 unspecified atom stereocenters. The summed E-state index contributed by atoms with van der Waals surface area (Å²) >= 11 is 0. The first-order chi connectivity index (χ1) is 11.9.